The Kier molecular flexibility index (Phi) is 6.17. The maximum atomic E-state index is 12.8. The summed E-state index contributed by atoms with van der Waals surface area (Å²) in [4.78, 5) is 14.8. The van der Waals surface area contributed by atoms with Gasteiger partial charge in [-0.1, -0.05) is 6.07 Å². The van der Waals surface area contributed by atoms with E-state index in [1.165, 1.54) is 6.42 Å². The molecule has 0 bridgehead atoms. The van der Waals surface area contributed by atoms with Gasteiger partial charge in [0.15, 0.2) is 5.82 Å². The molecule has 0 unspecified atom stereocenters. The van der Waals surface area contributed by atoms with Crippen LogP contribution < -0.4 is 10.6 Å². The van der Waals surface area contributed by atoms with Crippen molar-refractivity contribution in [1.82, 2.24) is 20.4 Å². The highest BCUT2D eigenvalue weighted by atomic mass is 16.2. The Balaban J connectivity index is 1.61. The topological polar surface area (TPSA) is 70.2 Å². The molecule has 1 saturated heterocycles. The van der Waals surface area contributed by atoms with Crippen molar-refractivity contribution in [2.24, 2.45) is 5.92 Å². The summed E-state index contributed by atoms with van der Waals surface area (Å²) >= 11 is 0. The zero-order valence-corrected chi connectivity index (χ0v) is 15.5. The fraction of sp³-hybridized carbons (Fsp3) is 0.450. The molecule has 1 aromatic heterocycles. The van der Waals surface area contributed by atoms with E-state index in [1.54, 1.807) is 0 Å². The SMILES string of the molecule is CNCCC1CCN(C(=O)c2cccc(Nc3ccc(C)nn3)c2)CC1. The van der Waals surface area contributed by atoms with Crippen molar-refractivity contribution in [3.05, 3.63) is 47.7 Å². The van der Waals surface area contributed by atoms with E-state index in [0.29, 0.717) is 11.4 Å². The van der Waals surface area contributed by atoms with Crippen LogP contribution in [0.4, 0.5) is 11.5 Å². The van der Waals surface area contributed by atoms with Crippen LogP contribution in [-0.4, -0.2) is 47.7 Å². The van der Waals surface area contributed by atoms with E-state index in [1.807, 2.05) is 55.3 Å². The number of hydrogen-bond acceptors (Lipinski definition) is 5. The number of nitrogens with one attached hydrogen (secondary N) is 2. The standard InChI is InChI=1S/C20H27N5O/c1-15-6-7-19(24-23-15)22-18-5-3-4-17(14-18)20(26)25-12-9-16(10-13-25)8-11-21-2/h3-7,14,16,21H,8-13H2,1-2H3,(H,22,24). The third kappa shape index (κ3) is 4.79. The highest BCUT2D eigenvalue weighted by Crippen LogP contribution is 2.23. The summed E-state index contributed by atoms with van der Waals surface area (Å²) in [6.45, 7) is 4.63. The van der Waals surface area contributed by atoms with Crippen molar-refractivity contribution in [2.75, 3.05) is 32.0 Å². The first-order valence-corrected chi connectivity index (χ1v) is 9.27. The highest BCUT2D eigenvalue weighted by molar-refractivity contribution is 5.95. The molecule has 1 amide bonds. The molecule has 6 heteroatoms. The maximum absolute atomic E-state index is 12.8. The second-order valence-corrected chi connectivity index (χ2v) is 6.89. The Morgan fingerprint density at radius 2 is 2.00 bits per heavy atom. The number of benzene rings is 1. The second kappa shape index (κ2) is 8.76. The molecule has 0 atom stereocenters. The van der Waals surface area contributed by atoms with Crippen LogP contribution in [-0.2, 0) is 0 Å². The summed E-state index contributed by atoms with van der Waals surface area (Å²) in [6, 6.07) is 11.4. The minimum atomic E-state index is 0.107. The molecule has 138 valence electrons. The first kappa shape index (κ1) is 18.3. The lowest BCUT2D eigenvalue weighted by Gasteiger charge is -2.32. The third-order valence-electron chi connectivity index (χ3n) is 4.88. The molecule has 0 saturated carbocycles. The monoisotopic (exact) mass is 353 g/mol. The van der Waals surface area contributed by atoms with Gasteiger partial charge in [0.25, 0.3) is 5.91 Å². The van der Waals surface area contributed by atoms with Crippen LogP contribution >= 0.6 is 0 Å². The van der Waals surface area contributed by atoms with Crippen LogP contribution in [0.25, 0.3) is 0 Å². The van der Waals surface area contributed by atoms with Crippen LogP contribution in [0.1, 0.15) is 35.3 Å². The Labute approximate surface area is 155 Å². The zero-order valence-electron chi connectivity index (χ0n) is 15.5. The quantitative estimate of drug-likeness (QED) is 0.835. The van der Waals surface area contributed by atoms with E-state index < -0.39 is 0 Å². The van der Waals surface area contributed by atoms with E-state index >= 15 is 0 Å². The Morgan fingerprint density at radius 1 is 1.19 bits per heavy atom. The van der Waals surface area contributed by atoms with E-state index in [4.69, 9.17) is 0 Å². The lowest BCUT2D eigenvalue weighted by molar-refractivity contribution is 0.0687. The molecule has 2 aromatic rings. The molecule has 3 rings (SSSR count). The summed E-state index contributed by atoms with van der Waals surface area (Å²) in [6.07, 6.45) is 3.37. The number of aryl methyl sites for hydroxylation is 1. The predicted molar refractivity (Wildman–Crippen MR) is 104 cm³/mol. The number of amides is 1. The number of nitrogens with zero attached hydrogens (tertiary/aromatic N) is 3. The average Bonchev–Trinajstić information content (AvgIpc) is 2.68. The number of carbonyl (C=O) groups is 1. The van der Waals surface area contributed by atoms with Gasteiger partial charge in [-0.25, -0.2) is 0 Å². The zero-order chi connectivity index (χ0) is 18.4. The van der Waals surface area contributed by atoms with E-state index in [2.05, 4.69) is 20.8 Å². The van der Waals surface area contributed by atoms with Crippen LogP contribution in [0.5, 0.6) is 0 Å². The number of carbonyl (C=O) groups excluding carboxylic acids is 1. The van der Waals surface area contributed by atoms with Crippen LogP contribution in [0.2, 0.25) is 0 Å². The molecule has 2 heterocycles. The van der Waals surface area contributed by atoms with Gasteiger partial charge < -0.3 is 15.5 Å². The van der Waals surface area contributed by atoms with Gasteiger partial charge in [0.05, 0.1) is 5.69 Å². The first-order valence-electron chi connectivity index (χ1n) is 9.27. The van der Waals surface area contributed by atoms with Gasteiger partial charge >= 0.3 is 0 Å². The van der Waals surface area contributed by atoms with Gasteiger partial charge in [-0.05, 0) is 76.0 Å². The number of aromatic nitrogens is 2. The largest absolute Gasteiger partial charge is 0.339 e. The first-order chi connectivity index (χ1) is 12.7. The molecule has 1 aromatic carbocycles. The molecule has 0 aliphatic carbocycles. The number of rotatable bonds is 6. The normalized spacial score (nSPS) is 15.1. The molecule has 1 fully saturated rings. The van der Waals surface area contributed by atoms with Gasteiger partial charge in [0, 0.05) is 24.3 Å². The van der Waals surface area contributed by atoms with Gasteiger partial charge in [0.1, 0.15) is 0 Å². The van der Waals surface area contributed by atoms with Crippen molar-refractivity contribution < 1.29 is 4.79 Å². The molecule has 0 radical (unpaired) electrons. The van der Waals surface area contributed by atoms with Gasteiger partial charge in [-0.2, -0.15) is 5.10 Å². The summed E-state index contributed by atoms with van der Waals surface area (Å²) < 4.78 is 0. The summed E-state index contributed by atoms with van der Waals surface area (Å²) in [5.41, 5.74) is 2.43. The Bertz CT molecular complexity index is 723. The third-order valence-corrected chi connectivity index (χ3v) is 4.88. The lowest BCUT2D eigenvalue weighted by atomic mass is 9.93. The lowest BCUT2D eigenvalue weighted by Crippen LogP contribution is -2.39. The second-order valence-electron chi connectivity index (χ2n) is 6.89. The van der Waals surface area contributed by atoms with E-state index in [9.17, 15) is 4.79 Å². The smallest absolute Gasteiger partial charge is 0.253 e. The van der Waals surface area contributed by atoms with Crippen molar-refractivity contribution >= 4 is 17.4 Å². The number of hydrogen-bond donors (Lipinski definition) is 2. The fourth-order valence-corrected chi connectivity index (χ4v) is 3.30. The van der Waals surface area contributed by atoms with Crippen LogP contribution in [0.3, 0.4) is 0 Å². The maximum Gasteiger partial charge on any atom is 0.253 e. The number of piperidine rings is 1. The summed E-state index contributed by atoms with van der Waals surface area (Å²) in [7, 11) is 1.99. The molecule has 1 aliphatic rings. The molecular formula is C20H27N5O. The van der Waals surface area contributed by atoms with Crippen molar-refractivity contribution in [3.63, 3.8) is 0 Å². The molecule has 6 nitrogen and oxygen atoms in total. The van der Waals surface area contributed by atoms with Crippen LogP contribution in [0.15, 0.2) is 36.4 Å². The van der Waals surface area contributed by atoms with Crippen molar-refractivity contribution in [2.45, 2.75) is 26.2 Å². The molecule has 26 heavy (non-hydrogen) atoms. The minimum Gasteiger partial charge on any atom is -0.339 e. The average molecular weight is 353 g/mol. The number of anilines is 2. The van der Waals surface area contributed by atoms with Gasteiger partial charge in [0.2, 0.25) is 0 Å². The van der Waals surface area contributed by atoms with Gasteiger partial charge in [-0.15, -0.1) is 5.10 Å². The molecular weight excluding hydrogens is 326 g/mol. The minimum absolute atomic E-state index is 0.107. The van der Waals surface area contributed by atoms with E-state index in [0.717, 1.165) is 49.8 Å². The Hall–Kier alpha value is -2.47. The predicted octanol–water partition coefficient (Wildman–Crippen LogP) is 2.99. The van der Waals surface area contributed by atoms with E-state index in [-0.39, 0.29) is 5.91 Å². The molecule has 2 N–H and O–H groups in total. The molecule has 1 aliphatic heterocycles. The fourth-order valence-electron chi connectivity index (χ4n) is 3.30. The summed E-state index contributed by atoms with van der Waals surface area (Å²) in [5.74, 6) is 1.50. The highest BCUT2D eigenvalue weighted by Gasteiger charge is 2.23. The number of likely N-dealkylation sites (tertiary alicyclic amines) is 1. The van der Waals surface area contributed by atoms with Crippen LogP contribution in [0, 0.1) is 12.8 Å². The Morgan fingerprint density at radius 3 is 2.69 bits per heavy atom. The molecule has 0 spiro atoms. The van der Waals surface area contributed by atoms with Crippen molar-refractivity contribution in [1.29, 1.82) is 0 Å². The summed E-state index contributed by atoms with van der Waals surface area (Å²) in [5, 5.41) is 14.6. The van der Waals surface area contributed by atoms with Crippen molar-refractivity contribution in [3.8, 4) is 0 Å². The van der Waals surface area contributed by atoms with Gasteiger partial charge in [-0.3, -0.25) is 4.79 Å².